The predicted octanol–water partition coefficient (Wildman–Crippen LogP) is 2.77. The summed E-state index contributed by atoms with van der Waals surface area (Å²) in [6.45, 7) is 2.38. The van der Waals surface area contributed by atoms with E-state index in [2.05, 4.69) is 5.32 Å². The van der Waals surface area contributed by atoms with Crippen molar-refractivity contribution in [2.75, 3.05) is 6.61 Å². The summed E-state index contributed by atoms with van der Waals surface area (Å²) in [5.74, 6) is 0. The molecule has 0 heterocycles. The number of aliphatic hydroxyl groups excluding tert-OH is 1. The molecule has 0 spiro atoms. The summed E-state index contributed by atoms with van der Waals surface area (Å²) >= 11 is -0.122. The third kappa shape index (κ3) is 5.95. The molecular formula is C11H14F3NOS. The van der Waals surface area contributed by atoms with Gasteiger partial charge in [-0.25, -0.2) is 0 Å². The number of thioether (sulfide) groups is 1. The lowest BCUT2D eigenvalue weighted by molar-refractivity contribution is -0.0328. The minimum atomic E-state index is -4.24. The zero-order chi connectivity index (χ0) is 12.9. The zero-order valence-corrected chi connectivity index (χ0v) is 10.1. The van der Waals surface area contributed by atoms with E-state index in [1.165, 1.54) is 12.1 Å². The third-order valence-electron chi connectivity index (χ3n) is 2.09. The van der Waals surface area contributed by atoms with E-state index in [9.17, 15) is 13.2 Å². The largest absolute Gasteiger partial charge is 0.446 e. The summed E-state index contributed by atoms with van der Waals surface area (Å²) in [5, 5.41) is 11.8. The van der Waals surface area contributed by atoms with Gasteiger partial charge in [-0.2, -0.15) is 13.2 Å². The van der Waals surface area contributed by atoms with Crippen LogP contribution in [-0.2, 0) is 6.54 Å². The molecule has 17 heavy (non-hydrogen) atoms. The first kappa shape index (κ1) is 14.3. The van der Waals surface area contributed by atoms with E-state index in [0.29, 0.717) is 6.54 Å². The van der Waals surface area contributed by atoms with Crippen LogP contribution in [0.15, 0.2) is 29.2 Å². The second-order valence-electron chi connectivity index (χ2n) is 3.66. The maximum absolute atomic E-state index is 12.1. The van der Waals surface area contributed by atoms with Crippen molar-refractivity contribution in [3.8, 4) is 0 Å². The van der Waals surface area contributed by atoms with E-state index in [-0.39, 0.29) is 29.3 Å². The van der Waals surface area contributed by atoms with Crippen LogP contribution < -0.4 is 5.32 Å². The monoisotopic (exact) mass is 265 g/mol. The van der Waals surface area contributed by atoms with Gasteiger partial charge in [0.25, 0.3) is 0 Å². The molecule has 0 radical (unpaired) electrons. The van der Waals surface area contributed by atoms with Crippen molar-refractivity contribution in [3.63, 3.8) is 0 Å². The van der Waals surface area contributed by atoms with Crippen molar-refractivity contribution in [2.24, 2.45) is 0 Å². The average molecular weight is 265 g/mol. The molecule has 0 amide bonds. The molecule has 2 N–H and O–H groups in total. The molecule has 2 nitrogen and oxygen atoms in total. The van der Waals surface area contributed by atoms with Crippen molar-refractivity contribution in [2.45, 2.75) is 29.9 Å². The Morgan fingerprint density at radius 3 is 2.35 bits per heavy atom. The lowest BCUT2D eigenvalue weighted by Crippen LogP contribution is -2.28. The van der Waals surface area contributed by atoms with Crippen molar-refractivity contribution >= 4 is 11.8 Å². The molecule has 6 heteroatoms. The molecule has 0 bridgehead atoms. The van der Waals surface area contributed by atoms with E-state index in [1.807, 2.05) is 6.92 Å². The van der Waals surface area contributed by atoms with Crippen molar-refractivity contribution in [1.82, 2.24) is 5.32 Å². The Hall–Kier alpha value is -0.720. The van der Waals surface area contributed by atoms with Crippen LogP contribution in [0, 0.1) is 0 Å². The molecular weight excluding hydrogens is 251 g/mol. The number of hydrogen-bond donors (Lipinski definition) is 2. The minimum Gasteiger partial charge on any atom is -0.395 e. The molecule has 0 aliphatic carbocycles. The van der Waals surface area contributed by atoms with Gasteiger partial charge in [0.2, 0.25) is 0 Å². The van der Waals surface area contributed by atoms with Crippen LogP contribution in [0.4, 0.5) is 13.2 Å². The Labute approximate surface area is 102 Å². The van der Waals surface area contributed by atoms with Crippen LogP contribution >= 0.6 is 11.8 Å². The second kappa shape index (κ2) is 6.28. The number of benzene rings is 1. The molecule has 1 rings (SSSR count). The van der Waals surface area contributed by atoms with Crippen LogP contribution in [-0.4, -0.2) is 23.3 Å². The minimum absolute atomic E-state index is 0.0285. The Kier molecular flexibility index (Phi) is 5.30. The molecule has 96 valence electrons. The maximum Gasteiger partial charge on any atom is 0.446 e. The molecule has 1 aromatic rings. The van der Waals surface area contributed by atoms with Crippen LogP contribution in [0.1, 0.15) is 12.5 Å². The molecule has 1 atom stereocenters. The standard InChI is InChI=1S/C11H14F3NOS/c1-8(7-16)15-6-9-2-4-10(5-3-9)17-11(12,13)14/h2-5,8,15-16H,6-7H2,1H3. The number of hydrogen-bond acceptors (Lipinski definition) is 3. The van der Waals surface area contributed by atoms with Crippen LogP contribution in [0.5, 0.6) is 0 Å². The summed E-state index contributed by atoms with van der Waals surface area (Å²) < 4.78 is 36.2. The smallest absolute Gasteiger partial charge is 0.395 e. The fourth-order valence-corrected chi connectivity index (χ4v) is 1.71. The van der Waals surface area contributed by atoms with E-state index < -0.39 is 5.51 Å². The number of rotatable bonds is 5. The Morgan fingerprint density at radius 1 is 1.29 bits per heavy atom. The van der Waals surface area contributed by atoms with E-state index in [0.717, 1.165) is 5.56 Å². The second-order valence-corrected chi connectivity index (χ2v) is 4.79. The SMILES string of the molecule is CC(CO)NCc1ccc(SC(F)(F)F)cc1. The highest BCUT2D eigenvalue weighted by molar-refractivity contribution is 8.00. The first-order valence-electron chi connectivity index (χ1n) is 5.09. The lowest BCUT2D eigenvalue weighted by Gasteiger charge is -2.11. The summed E-state index contributed by atoms with van der Waals surface area (Å²) in [7, 11) is 0. The van der Waals surface area contributed by atoms with E-state index in [1.54, 1.807) is 12.1 Å². The van der Waals surface area contributed by atoms with Crippen molar-refractivity contribution < 1.29 is 18.3 Å². The number of alkyl halides is 3. The predicted molar refractivity (Wildman–Crippen MR) is 61.7 cm³/mol. The van der Waals surface area contributed by atoms with Gasteiger partial charge >= 0.3 is 5.51 Å². The Balaban J connectivity index is 2.50. The summed E-state index contributed by atoms with van der Waals surface area (Å²) in [6, 6.07) is 6.15. The quantitative estimate of drug-likeness (QED) is 0.803. The molecule has 0 saturated heterocycles. The zero-order valence-electron chi connectivity index (χ0n) is 9.29. The highest BCUT2D eigenvalue weighted by Gasteiger charge is 2.28. The number of aliphatic hydroxyl groups is 1. The van der Waals surface area contributed by atoms with Gasteiger partial charge in [-0.15, -0.1) is 0 Å². The van der Waals surface area contributed by atoms with E-state index in [4.69, 9.17) is 5.11 Å². The van der Waals surface area contributed by atoms with Gasteiger partial charge in [0.05, 0.1) is 6.61 Å². The van der Waals surface area contributed by atoms with Gasteiger partial charge in [-0.3, -0.25) is 0 Å². The fourth-order valence-electron chi connectivity index (χ4n) is 1.17. The summed E-state index contributed by atoms with van der Waals surface area (Å²) in [5.41, 5.74) is -3.36. The highest BCUT2D eigenvalue weighted by Crippen LogP contribution is 2.36. The van der Waals surface area contributed by atoms with Gasteiger partial charge in [-0.05, 0) is 36.4 Å². The number of nitrogens with one attached hydrogen (secondary N) is 1. The molecule has 0 aromatic heterocycles. The van der Waals surface area contributed by atoms with E-state index >= 15 is 0 Å². The van der Waals surface area contributed by atoms with Crippen LogP contribution in [0.3, 0.4) is 0 Å². The fraction of sp³-hybridized carbons (Fsp3) is 0.455. The van der Waals surface area contributed by atoms with Crippen molar-refractivity contribution in [3.05, 3.63) is 29.8 Å². The van der Waals surface area contributed by atoms with Gasteiger partial charge < -0.3 is 10.4 Å². The Morgan fingerprint density at radius 2 is 1.88 bits per heavy atom. The first-order valence-corrected chi connectivity index (χ1v) is 5.91. The first-order chi connectivity index (χ1) is 7.90. The van der Waals surface area contributed by atoms with Gasteiger partial charge in [0.1, 0.15) is 0 Å². The maximum atomic E-state index is 12.1. The lowest BCUT2D eigenvalue weighted by atomic mass is 10.2. The average Bonchev–Trinajstić information content (AvgIpc) is 2.25. The topological polar surface area (TPSA) is 32.3 Å². The Bertz CT molecular complexity index is 340. The van der Waals surface area contributed by atoms with Crippen LogP contribution in [0.2, 0.25) is 0 Å². The van der Waals surface area contributed by atoms with Gasteiger partial charge in [0, 0.05) is 17.5 Å². The summed E-state index contributed by atoms with van der Waals surface area (Å²) in [4.78, 5) is 0.177. The number of halogens is 3. The summed E-state index contributed by atoms with van der Waals surface area (Å²) in [6.07, 6.45) is 0. The molecule has 1 unspecified atom stereocenters. The normalized spacial score (nSPS) is 13.7. The van der Waals surface area contributed by atoms with Crippen LogP contribution in [0.25, 0.3) is 0 Å². The highest BCUT2D eigenvalue weighted by atomic mass is 32.2. The molecule has 0 fully saturated rings. The molecule has 0 aliphatic heterocycles. The van der Waals surface area contributed by atoms with Gasteiger partial charge in [-0.1, -0.05) is 12.1 Å². The molecule has 0 aliphatic rings. The molecule has 1 aromatic carbocycles. The third-order valence-corrected chi connectivity index (χ3v) is 2.82. The molecule has 0 saturated carbocycles. The van der Waals surface area contributed by atoms with Crippen molar-refractivity contribution in [1.29, 1.82) is 0 Å². The van der Waals surface area contributed by atoms with Gasteiger partial charge in [0.15, 0.2) is 0 Å².